The molecule has 0 amide bonds. The summed E-state index contributed by atoms with van der Waals surface area (Å²) in [6.45, 7) is 3.75. The molecule has 170 valence electrons. The Bertz CT molecular complexity index is 595. The predicted molar refractivity (Wildman–Crippen MR) is 118 cm³/mol. The van der Waals surface area contributed by atoms with E-state index in [0.717, 1.165) is 0 Å². The Labute approximate surface area is 180 Å². The van der Waals surface area contributed by atoms with Crippen molar-refractivity contribution in [2.45, 2.75) is 89.3 Å². The van der Waals surface area contributed by atoms with Crippen LogP contribution in [0.15, 0.2) is 48.6 Å². The second-order valence-corrected chi connectivity index (χ2v) is 7.92. The van der Waals surface area contributed by atoms with E-state index in [0.29, 0.717) is 38.5 Å². The monoisotopic (exact) mass is 422 g/mol. The molecule has 0 spiro atoms. The van der Waals surface area contributed by atoms with Crippen LogP contribution in [-0.2, 0) is 9.53 Å². The lowest BCUT2D eigenvalue weighted by molar-refractivity contribution is -0.143. The Morgan fingerprint density at radius 2 is 1.70 bits per heavy atom. The minimum Gasteiger partial charge on any atom is -0.459 e. The Balaban J connectivity index is 2.78. The standard InChI is InChI=1S/C24H38O6/c1-3-21-13-10-15-23(28)18(2)22(27)14-9-12-20(26)17-19(25)11-7-5-4-6-8-16-24(29)30-21/h4-9,12,16,18-23,25-28H,3,10-11,13-15,17H2,1-2H3/b6-4+,7-5+,12-9+,16-8+/t18-,19+,20+,21?,22-,23-/m0/s1. The predicted octanol–water partition coefficient (Wildman–Crippen LogP) is 2.97. The maximum absolute atomic E-state index is 11.9. The largest absolute Gasteiger partial charge is 0.459 e. The van der Waals surface area contributed by atoms with Gasteiger partial charge in [0.2, 0.25) is 0 Å². The molecule has 6 atom stereocenters. The van der Waals surface area contributed by atoms with Crippen molar-refractivity contribution in [2.24, 2.45) is 5.92 Å². The lowest BCUT2D eigenvalue weighted by atomic mass is 9.91. The van der Waals surface area contributed by atoms with Crippen molar-refractivity contribution >= 4 is 5.97 Å². The molecule has 0 radical (unpaired) electrons. The quantitative estimate of drug-likeness (QED) is 0.382. The van der Waals surface area contributed by atoms with E-state index in [-0.39, 0.29) is 18.4 Å². The molecule has 6 heteroatoms. The normalized spacial score (nSPS) is 37.7. The molecule has 0 saturated carbocycles. The molecule has 1 heterocycles. The lowest BCUT2D eigenvalue weighted by Gasteiger charge is -2.24. The summed E-state index contributed by atoms with van der Waals surface area (Å²) >= 11 is 0. The van der Waals surface area contributed by atoms with Crippen molar-refractivity contribution in [1.82, 2.24) is 0 Å². The second-order valence-electron chi connectivity index (χ2n) is 7.92. The summed E-state index contributed by atoms with van der Waals surface area (Å²) < 4.78 is 5.44. The summed E-state index contributed by atoms with van der Waals surface area (Å²) in [5.74, 6) is -0.726. The van der Waals surface area contributed by atoms with Gasteiger partial charge in [0.15, 0.2) is 0 Å². The maximum Gasteiger partial charge on any atom is 0.331 e. The van der Waals surface area contributed by atoms with Gasteiger partial charge in [0.25, 0.3) is 0 Å². The number of ether oxygens (including phenoxy) is 1. The lowest BCUT2D eigenvalue weighted by Crippen LogP contribution is -2.29. The molecule has 30 heavy (non-hydrogen) atoms. The highest BCUT2D eigenvalue weighted by Gasteiger charge is 2.22. The van der Waals surface area contributed by atoms with Crippen molar-refractivity contribution in [2.75, 3.05) is 0 Å². The molecular weight excluding hydrogens is 384 g/mol. The summed E-state index contributed by atoms with van der Waals surface area (Å²) in [4.78, 5) is 11.9. The summed E-state index contributed by atoms with van der Waals surface area (Å²) in [7, 11) is 0. The van der Waals surface area contributed by atoms with Gasteiger partial charge in [-0.2, -0.15) is 0 Å². The van der Waals surface area contributed by atoms with Crippen LogP contribution in [-0.4, -0.2) is 56.9 Å². The fourth-order valence-electron chi connectivity index (χ4n) is 3.24. The topological polar surface area (TPSA) is 107 Å². The van der Waals surface area contributed by atoms with Crippen LogP contribution in [0.1, 0.15) is 58.8 Å². The first kappa shape index (κ1) is 26.3. The molecule has 1 rings (SSSR count). The highest BCUT2D eigenvalue weighted by molar-refractivity contribution is 5.82. The average Bonchev–Trinajstić information content (AvgIpc) is 2.70. The minimum atomic E-state index is -0.797. The van der Waals surface area contributed by atoms with Crippen molar-refractivity contribution in [3.8, 4) is 0 Å². The number of carbonyl (C=O) groups excluding carboxylic acids is 1. The Kier molecular flexibility index (Phi) is 13.3. The molecule has 0 fully saturated rings. The van der Waals surface area contributed by atoms with Gasteiger partial charge in [-0.25, -0.2) is 4.79 Å². The van der Waals surface area contributed by atoms with E-state index < -0.39 is 30.4 Å². The number of hydrogen-bond donors (Lipinski definition) is 4. The van der Waals surface area contributed by atoms with Gasteiger partial charge in [-0.1, -0.05) is 56.4 Å². The van der Waals surface area contributed by atoms with E-state index in [9.17, 15) is 25.2 Å². The molecule has 1 unspecified atom stereocenters. The number of carbonyl (C=O) groups is 1. The van der Waals surface area contributed by atoms with Crippen molar-refractivity contribution in [3.63, 3.8) is 0 Å². The van der Waals surface area contributed by atoms with Crippen LogP contribution in [0.5, 0.6) is 0 Å². The number of rotatable bonds is 1. The first-order valence-corrected chi connectivity index (χ1v) is 10.9. The number of aliphatic hydroxyl groups excluding tert-OH is 4. The minimum absolute atomic E-state index is 0.198. The molecule has 0 bridgehead atoms. The average molecular weight is 423 g/mol. The number of aliphatic hydroxyl groups is 4. The highest BCUT2D eigenvalue weighted by atomic mass is 16.5. The SMILES string of the molecule is CCC1CCC[C@H](O)[C@@H](C)[C@@H](O)C/C=C/[C@@H](O)C[C@H](O)C/C=C/C=C/C=C/C(=O)O1. The maximum atomic E-state index is 11.9. The Morgan fingerprint density at radius 1 is 0.967 bits per heavy atom. The molecule has 1 aliphatic heterocycles. The van der Waals surface area contributed by atoms with Crippen LogP contribution in [0.2, 0.25) is 0 Å². The highest BCUT2D eigenvalue weighted by Crippen LogP contribution is 2.19. The van der Waals surface area contributed by atoms with Gasteiger partial charge in [-0.05, 0) is 38.5 Å². The molecule has 0 aromatic rings. The van der Waals surface area contributed by atoms with Crippen molar-refractivity contribution < 1.29 is 30.0 Å². The van der Waals surface area contributed by atoms with Crippen molar-refractivity contribution in [3.05, 3.63) is 48.6 Å². The van der Waals surface area contributed by atoms with E-state index in [1.165, 1.54) is 6.08 Å². The molecule has 1 aliphatic rings. The van der Waals surface area contributed by atoms with Gasteiger partial charge in [-0.15, -0.1) is 0 Å². The molecular formula is C24H38O6. The first-order chi connectivity index (χ1) is 14.3. The number of allylic oxidation sites excluding steroid dienone is 4. The molecule has 4 N–H and O–H groups in total. The first-order valence-electron chi connectivity index (χ1n) is 10.9. The number of cyclic esters (lactones) is 1. The van der Waals surface area contributed by atoms with E-state index in [4.69, 9.17) is 4.74 Å². The van der Waals surface area contributed by atoms with E-state index in [1.54, 1.807) is 49.5 Å². The molecule has 0 aliphatic carbocycles. The van der Waals surface area contributed by atoms with Crippen LogP contribution in [0.3, 0.4) is 0 Å². The van der Waals surface area contributed by atoms with Gasteiger partial charge < -0.3 is 25.2 Å². The van der Waals surface area contributed by atoms with E-state index in [2.05, 4.69) is 0 Å². The molecule has 0 aromatic carbocycles. The summed E-state index contributed by atoms with van der Waals surface area (Å²) in [6.07, 6.45) is 13.6. The molecule has 6 nitrogen and oxygen atoms in total. The smallest absolute Gasteiger partial charge is 0.331 e. The Hall–Kier alpha value is -1.73. The zero-order valence-corrected chi connectivity index (χ0v) is 18.1. The van der Waals surface area contributed by atoms with Gasteiger partial charge in [0, 0.05) is 18.4 Å². The van der Waals surface area contributed by atoms with Crippen LogP contribution < -0.4 is 0 Å². The van der Waals surface area contributed by atoms with E-state index >= 15 is 0 Å². The van der Waals surface area contributed by atoms with Crippen LogP contribution in [0.25, 0.3) is 0 Å². The van der Waals surface area contributed by atoms with Crippen LogP contribution in [0, 0.1) is 5.92 Å². The second kappa shape index (κ2) is 15.1. The van der Waals surface area contributed by atoms with E-state index in [1.807, 2.05) is 6.92 Å². The Morgan fingerprint density at radius 3 is 2.43 bits per heavy atom. The van der Waals surface area contributed by atoms with Gasteiger partial charge in [0.05, 0.1) is 24.4 Å². The zero-order valence-electron chi connectivity index (χ0n) is 18.1. The summed E-state index contributed by atoms with van der Waals surface area (Å²) in [5, 5.41) is 40.7. The summed E-state index contributed by atoms with van der Waals surface area (Å²) in [6, 6.07) is 0. The van der Waals surface area contributed by atoms with Crippen molar-refractivity contribution in [1.29, 1.82) is 0 Å². The molecule has 0 aromatic heterocycles. The van der Waals surface area contributed by atoms with Gasteiger partial charge in [-0.3, -0.25) is 0 Å². The zero-order chi connectivity index (χ0) is 22.4. The van der Waals surface area contributed by atoms with Gasteiger partial charge >= 0.3 is 5.97 Å². The summed E-state index contributed by atoms with van der Waals surface area (Å²) in [5.41, 5.74) is 0. The third kappa shape index (κ3) is 11.5. The molecule has 0 saturated heterocycles. The number of hydrogen-bond acceptors (Lipinski definition) is 6. The fourth-order valence-corrected chi connectivity index (χ4v) is 3.24. The van der Waals surface area contributed by atoms with Crippen LogP contribution in [0.4, 0.5) is 0 Å². The third-order valence-electron chi connectivity index (χ3n) is 5.34. The van der Waals surface area contributed by atoms with Crippen LogP contribution >= 0.6 is 0 Å². The third-order valence-corrected chi connectivity index (χ3v) is 5.34. The number of esters is 1. The van der Waals surface area contributed by atoms with Gasteiger partial charge in [0.1, 0.15) is 6.10 Å². The fraction of sp³-hybridized carbons (Fsp3) is 0.625.